The number of aliphatic hydroxyl groups excluding tert-OH is 1. The second-order valence-corrected chi connectivity index (χ2v) is 11.0. The van der Waals surface area contributed by atoms with E-state index < -0.39 is 10.0 Å². The lowest BCUT2D eigenvalue weighted by molar-refractivity contribution is -0.0502. The number of anilines is 1. The topological polar surface area (TPSA) is 60.9 Å². The van der Waals surface area contributed by atoms with Crippen LogP contribution in [0, 0.1) is 12.8 Å². The second-order valence-electron chi connectivity index (χ2n) is 9.10. The van der Waals surface area contributed by atoms with E-state index in [0.29, 0.717) is 17.4 Å². The molecule has 0 amide bonds. The number of nitrogens with zero attached hydrogens (tertiary/aromatic N) is 2. The van der Waals surface area contributed by atoms with Crippen molar-refractivity contribution in [1.29, 1.82) is 0 Å². The first-order chi connectivity index (χ1) is 14.5. The van der Waals surface area contributed by atoms with Gasteiger partial charge in [0.25, 0.3) is 10.0 Å². The van der Waals surface area contributed by atoms with Crippen LogP contribution in [-0.2, 0) is 10.0 Å². The molecule has 1 saturated carbocycles. The molecule has 0 bridgehead atoms. The normalized spacial score (nSPS) is 26.9. The highest BCUT2D eigenvalue weighted by atomic mass is 32.2. The fourth-order valence-electron chi connectivity index (χ4n) is 5.82. The number of sulfonamides is 1. The van der Waals surface area contributed by atoms with Gasteiger partial charge in [0.05, 0.1) is 23.7 Å². The van der Waals surface area contributed by atoms with E-state index in [0.717, 1.165) is 23.4 Å². The molecule has 0 aromatic heterocycles. The smallest absolute Gasteiger partial charge is 0.264 e. The van der Waals surface area contributed by atoms with Crippen LogP contribution in [0.2, 0.25) is 0 Å². The summed E-state index contributed by atoms with van der Waals surface area (Å²) in [6.45, 7) is 3.45. The summed E-state index contributed by atoms with van der Waals surface area (Å²) in [5.41, 5.74) is 2.75. The van der Waals surface area contributed by atoms with Crippen LogP contribution in [0.5, 0.6) is 0 Å². The molecule has 3 atom stereocenters. The van der Waals surface area contributed by atoms with Crippen molar-refractivity contribution in [3.63, 3.8) is 0 Å². The van der Waals surface area contributed by atoms with Crippen LogP contribution < -0.4 is 4.31 Å². The molecule has 1 aliphatic carbocycles. The predicted octanol–water partition coefficient (Wildman–Crippen LogP) is 3.52. The molecule has 5 rings (SSSR count). The molecular weight excluding hydrogens is 396 g/mol. The standard InChI is InChI=1S/C24H30N2O3S/c1-17-7-6-10-19(13-17)30(28,29)26-15-22-24(20-11-4-5-12-21(20)26)23(16-27)25(22)14-18-8-2-3-9-18/h4-7,10-13,18,22-24,27H,2-3,8-9,14-16H2,1H3/t22-,23-,24+/m0/s1. The number of fused-ring (bicyclic) bond motifs is 3. The molecule has 2 fully saturated rings. The van der Waals surface area contributed by atoms with Crippen molar-refractivity contribution >= 4 is 15.7 Å². The Bertz CT molecular complexity index is 1030. The van der Waals surface area contributed by atoms with Crippen molar-refractivity contribution < 1.29 is 13.5 Å². The summed E-state index contributed by atoms with van der Waals surface area (Å²) >= 11 is 0. The maximum Gasteiger partial charge on any atom is 0.264 e. The van der Waals surface area contributed by atoms with Crippen molar-refractivity contribution in [2.75, 3.05) is 24.0 Å². The van der Waals surface area contributed by atoms with Crippen LogP contribution in [0.1, 0.15) is 42.7 Å². The molecule has 2 aromatic rings. The van der Waals surface area contributed by atoms with Crippen LogP contribution in [0.25, 0.3) is 0 Å². The van der Waals surface area contributed by atoms with Gasteiger partial charge in [-0.3, -0.25) is 9.21 Å². The number of aryl methyl sites for hydroxylation is 1. The van der Waals surface area contributed by atoms with Crippen LogP contribution >= 0.6 is 0 Å². The van der Waals surface area contributed by atoms with Crippen molar-refractivity contribution in [2.24, 2.45) is 5.92 Å². The van der Waals surface area contributed by atoms with Crippen LogP contribution in [0.4, 0.5) is 5.69 Å². The lowest BCUT2D eigenvalue weighted by atomic mass is 9.72. The number of rotatable bonds is 5. The first-order valence-electron chi connectivity index (χ1n) is 11.1. The summed E-state index contributed by atoms with van der Waals surface area (Å²) in [6.07, 6.45) is 5.06. The molecule has 2 aliphatic heterocycles. The van der Waals surface area contributed by atoms with E-state index in [2.05, 4.69) is 4.90 Å². The van der Waals surface area contributed by atoms with Crippen molar-refractivity contribution in [1.82, 2.24) is 4.90 Å². The van der Waals surface area contributed by atoms with Gasteiger partial charge < -0.3 is 5.11 Å². The number of aliphatic hydroxyl groups is 1. The molecule has 6 heteroatoms. The first kappa shape index (κ1) is 20.0. The van der Waals surface area contributed by atoms with E-state index in [1.807, 2.05) is 37.3 Å². The summed E-state index contributed by atoms with van der Waals surface area (Å²) in [5, 5.41) is 10.2. The van der Waals surface area contributed by atoms with Crippen LogP contribution in [-0.4, -0.2) is 50.2 Å². The van der Waals surface area contributed by atoms with Gasteiger partial charge in [-0.05, 0) is 55.0 Å². The van der Waals surface area contributed by atoms with E-state index in [1.165, 1.54) is 25.7 Å². The van der Waals surface area contributed by atoms with Gasteiger partial charge in [0.15, 0.2) is 0 Å². The van der Waals surface area contributed by atoms with Gasteiger partial charge in [0, 0.05) is 24.5 Å². The Hall–Kier alpha value is -1.89. The lowest BCUT2D eigenvalue weighted by Crippen LogP contribution is -2.69. The minimum absolute atomic E-state index is 0.0839. The molecule has 30 heavy (non-hydrogen) atoms. The second kappa shape index (κ2) is 7.66. The third-order valence-corrected chi connectivity index (χ3v) is 9.08. The number of hydrogen-bond acceptors (Lipinski definition) is 4. The molecule has 0 radical (unpaired) electrons. The Morgan fingerprint density at radius 3 is 2.57 bits per heavy atom. The van der Waals surface area contributed by atoms with Crippen LogP contribution in [0.15, 0.2) is 53.4 Å². The molecule has 5 nitrogen and oxygen atoms in total. The monoisotopic (exact) mass is 426 g/mol. The fraction of sp³-hybridized carbons (Fsp3) is 0.500. The van der Waals surface area contributed by atoms with Gasteiger partial charge in [-0.2, -0.15) is 0 Å². The molecule has 3 aliphatic rings. The third kappa shape index (κ3) is 3.17. The summed E-state index contributed by atoms with van der Waals surface area (Å²) < 4.78 is 28.9. The van der Waals surface area contributed by atoms with Gasteiger partial charge in [0.2, 0.25) is 0 Å². The number of benzene rings is 2. The van der Waals surface area contributed by atoms with Gasteiger partial charge in [-0.15, -0.1) is 0 Å². The molecule has 0 spiro atoms. The number of para-hydroxylation sites is 1. The fourth-order valence-corrected chi connectivity index (χ4v) is 7.44. The largest absolute Gasteiger partial charge is 0.395 e. The highest BCUT2D eigenvalue weighted by Gasteiger charge is 2.54. The summed E-state index contributed by atoms with van der Waals surface area (Å²) in [5.74, 6) is 0.857. The van der Waals surface area contributed by atoms with Gasteiger partial charge in [0.1, 0.15) is 0 Å². The van der Waals surface area contributed by atoms with E-state index >= 15 is 0 Å². The third-order valence-electron chi connectivity index (χ3n) is 7.31. The minimum Gasteiger partial charge on any atom is -0.395 e. The summed E-state index contributed by atoms with van der Waals surface area (Å²) in [4.78, 5) is 2.73. The average molecular weight is 427 g/mol. The van der Waals surface area contributed by atoms with Gasteiger partial charge in [-0.25, -0.2) is 8.42 Å². The highest BCUT2D eigenvalue weighted by molar-refractivity contribution is 7.92. The lowest BCUT2D eigenvalue weighted by Gasteiger charge is -2.59. The Kier molecular flexibility index (Phi) is 5.12. The molecule has 160 valence electrons. The van der Waals surface area contributed by atoms with Gasteiger partial charge in [-0.1, -0.05) is 43.2 Å². The maximum atomic E-state index is 13.6. The molecule has 0 unspecified atom stereocenters. The zero-order valence-electron chi connectivity index (χ0n) is 17.4. The number of hydrogen-bond donors (Lipinski definition) is 1. The summed E-state index contributed by atoms with van der Waals surface area (Å²) in [6, 6.07) is 15.2. The van der Waals surface area contributed by atoms with E-state index in [4.69, 9.17) is 0 Å². The zero-order chi connectivity index (χ0) is 20.9. The minimum atomic E-state index is -3.65. The highest BCUT2D eigenvalue weighted by Crippen LogP contribution is 2.50. The Labute approximate surface area is 179 Å². The Morgan fingerprint density at radius 2 is 1.83 bits per heavy atom. The average Bonchev–Trinajstić information content (AvgIpc) is 3.25. The van der Waals surface area contributed by atoms with Crippen molar-refractivity contribution in [3.8, 4) is 0 Å². The van der Waals surface area contributed by atoms with Crippen molar-refractivity contribution in [3.05, 3.63) is 59.7 Å². The van der Waals surface area contributed by atoms with Crippen LogP contribution in [0.3, 0.4) is 0 Å². The van der Waals surface area contributed by atoms with E-state index in [9.17, 15) is 13.5 Å². The molecule has 2 heterocycles. The number of likely N-dealkylation sites (tertiary alicyclic amines) is 1. The Balaban J connectivity index is 1.52. The SMILES string of the molecule is Cc1cccc(S(=O)(=O)N2C[C@H]3[C@@H](c4ccccc42)[C@H](CO)N3CC2CCCC2)c1. The van der Waals surface area contributed by atoms with Crippen molar-refractivity contribution in [2.45, 2.75) is 55.5 Å². The molecule has 1 N–H and O–H groups in total. The predicted molar refractivity (Wildman–Crippen MR) is 118 cm³/mol. The first-order valence-corrected chi connectivity index (χ1v) is 12.5. The van der Waals surface area contributed by atoms with Gasteiger partial charge >= 0.3 is 0 Å². The molecule has 1 saturated heterocycles. The van der Waals surface area contributed by atoms with E-state index in [1.54, 1.807) is 22.5 Å². The molecular formula is C24H30N2O3S. The summed E-state index contributed by atoms with van der Waals surface area (Å²) in [7, 11) is -3.65. The Morgan fingerprint density at radius 1 is 1.07 bits per heavy atom. The quantitative estimate of drug-likeness (QED) is 0.795. The maximum absolute atomic E-state index is 13.6. The molecule has 2 aromatic carbocycles. The zero-order valence-corrected chi connectivity index (χ0v) is 18.3. The van der Waals surface area contributed by atoms with E-state index in [-0.39, 0.29) is 24.6 Å².